The van der Waals surface area contributed by atoms with Crippen molar-refractivity contribution in [2.75, 3.05) is 6.54 Å². The summed E-state index contributed by atoms with van der Waals surface area (Å²) in [5, 5.41) is 13.3. The molecule has 9 heteroatoms. The van der Waals surface area contributed by atoms with Gasteiger partial charge in [-0.05, 0) is 51.5 Å². The van der Waals surface area contributed by atoms with E-state index in [-0.39, 0.29) is 22.9 Å². The van der Waals surface area contributed by atoms with Gasteiger partial charge in [0, 0.05) is 5.92 Å². The van der Waals surface area contributed by atoms with E-state index < -0.39 is 18.8 Å². The van der Waals surface area contributed by atoms with Crippen molar-refractivity contribution in [3.8, 4) is 0 Å². The molecule has 1 saturated carbocycles. The molecule has 150 valence electrons. The lowest BCUT2D eigenvalue weighted by Crippen LogP contribution is -2.39. The minimum atomic E-state index is -4.21. The van der Waals surface area contributed by atoms with E-state index >= 15 is 0 Å². The molecule has 26 heavy (non-hydrogen) atoms. The molecule has 5 N–H and O–H groups in total. The Morgan fingerprint density at radius 3 is 2.27 bits per heavy atom. The van der Waals surface area contributed by atoms with Crippen molar-refractivity contribution in [3.63, 3.8) is 0 Å². The fraction of sp³-hybridized carbons (Fsp3) is 0.765. The number of nitrogens with one attached hydrogen (secondary N) is 2. The van der Waals surface area contributed by atoms with Gasteiger partial charge in [-0.1, -0.05) is 26.3 Å². The number of hydrogen-bond donors (Lipinski definition) is 5. The number of allylic oxidation sites excluding steroid dienone is 1. The van der Waals surface area contributed by atoms with Gasteiger partial charge in [-0.25, -0.2) is 4.79 Å². The molecule has 1 aliphatic rings. The molecule has 8 nitrogen and oxygen atoms in total. The highest BCUT2D eigenvalue weighted by Gasteiger charge is 2.50. The van der Waals surface area contributed by atoms with Crippen LogP contribution in [-0.4, -0.2) is 38.6 Å². The molecule has 1 unspecified atom stereocenters. The maximum absolute atomic E-state index is 12.0. The van der Waals surface area contributed by atoms with Crippen molar-refractivity contribution in [1.82, 2.24) is 10.6 Å². The van der Waals surface area contributed by atoms with E-state index in [0.29, 0.717) is 19.4 Å². The maximum Gasteiger partial charge on any atom is 0.352 e. The van der Waals surface area contributed by atoms with Gasteiger partial charge < -0.3 is 25.5 Å². The molecule has 1 fully saturated rings. The Morgan fingerprint density at radius 1 is 1.23 bits per heavy atom. The summed E-state index contributed by atoms with van der Waals surface area (Å²) in [5.41, 5.74) is -0.139. The minimum absolute atomic E-state index is 0.0540. The van der Waals surface area contributed by atoms with Crippen LogP contribution in [0.25, 0.3) is 0 Å². The SMILES string of the molecule is CC1(C)CC1C(=O)N/C(=C\CCCCCNC(C)(C)P(=O)(O)O)C(=O)O. The van der Waals surface area contributed by atoms with E-state index in [9.17, 15) is 29.0 Å². The molecule has 1 rings (SSSR count). The fourth-order valence-corrected chi connectivity index (χ4v) is 2.83. The number of unbranched alkanes of at least 4 members (excludes halogenated alkanes) is 3. The van der Waals surface area contributed by atoms with Crippen molar-refractivity contribution in [1.29, 1.82) is 0 Å². The molecule has 0 aliphatic heterocycles. The summed E-state index contributed by atoms with van der Waals surface area (Å²) >= 11 is 0. The van der Waals surface area contributed by atoms with Crippen molar-refractivity contribution >= 4 is 19.5 Å². The summed E-state index contributed by atoms with van der Waals surface area (Å²) in [4.78, 5) is 41.6. The van der Waals surface area contributed by atoms with Gasteiger partial charge in [0.2, 0.25) is 5.91 Å². The monoisotopic (exact) mass is 390 g/mol. The summed E-state index contributed by atoms with van der Waals surface area (Å²) in [6, 6.07) is 0. The molecule has 1 atom stereocenters. The number of carboxylic acids is 1. The molecule has 1 amide bonds. The van der Waals surface area contributed by atoms with Crippen LogP contribution in [0.2, 0.25) is 0 Å². The average Bonchev–Trinajstić information content (AvgIpc) is 3.12. The third kappa shape index (κ3) is 6.83. The van der Waals surface area contributed by atoms with Crippen molar-refractivity contribution in [2.45, 2.75) is 65.1 Å². The maximum atomic E-state index is 12.0. The van der Waals surface area contributed by atoms with Gasteiger partial charge >= 0.3 is 13.6 Å². The highest BCUT2D eigenvalue weighted by Crippen LogP contribution is 2.51. The molecule has 0 aromatic heterocycles. The lowest BCUT2D eigenvalue weighted by atomic mass is 10.1. The molecule has 0 bridgehead atoms. The second-order valence-corrected chi connectivity index (χ2v) is 10.2. The molecule has 0 spiro atoms. The first-order valence-corrected chi connectivity index (χ1v) is 10.4. The van der Waals surface area contributed by atoms with Crippen molar-refractivity contribution in [3.05, 3.63) is 11.8 Å². The number of carboxylic acid groups (broad SMARTS) is 1. The topological polar surface area (TPSA) is 136 Å². The van der Waals surface area contributed by atoms with E-state index in [0.717, 1.165) is 19.3 Å². The number of rotatable bonds is 11. The van der Waals surface area contributed by atoms with E-state index in [1.165, 1.54) is 19.9 Å². The standard InChI is InChI=1S/C17H31N2O6P/c1-16(2)11-12(16)14(20)19-13(15(21)22)9-7-5-6-8-10-18-17(3,4)26(23,24)25/h9,12,18H,5-8,10-11H2,1-4H3,(H,19,20)(H,21,22)(H2,23,24,25)/b13-9-. The Kier molecular flexibility index (Phi) is 7.60. The Bertz CT molecular complexity index is 608. The Morgan fingerprint density at radius 2 is 1.81 bits per heavy atom. The molecule has 0 aromatic rings. The van der Waals surface area contributed by atoms with E-state index in [1.54, 1.807) is 0 Å². The number of carbonyl (C=O) groups excluding carboxylic acids is 1. The second-order valence-electron chi connectivity index (χ2n) is 8.04. The van der Waals surface area contributed by atoms with Gasteiger partial charge in [-0.2, -0.15) is 0 Å². The largest absolute Gasteiger partial charge is 0.477 e. The predicted octanol–water partition coefficient (Wildman–Crippen LogP) is 2.18. The Hall–Kier alpha value is -1.21. The molecule has 1 aliphatic carbocycles. The lowest BCUT2D eigenvalue weighted by Gasteiger charge is -2.27. The van der Waals surface area contributed by atoms with Crippen LogP contribution < -0.4 is 10.6 Å². The number of carbonyl (C=O) groups is 2. The molecular formula is C17H31N2O6P. The fourth-order valence-electron chi connectivity index (χ4n) is 2.52. The third-order valence-electron chi connectivity index (χ3n) is 4.83. The zero-order valence-corrected chi connectivity index (χ0v) is 16.8. The summed E-state index contributed by atoms with van der Waals surface area (Å²) in [5.74, 6) is -1.52. The van der Waals surface area contributed by atoms with E-state index in [2.05, 4.69) is 10.6 Å². The molecular weight excluding hydrogens is 359 g/mol. The van der Waals surface area contributed by atoms with Crippen LogP contribution in [0.3, 0.4) is 0 Å². The van der Waals surface area contributed by atoms with Gasteiger partial charge in [0.1, 0.15) is 11.0 Å². The number of hydrogen-bond acceptors (Lipinski definition) is 4. The first-order chi connectivity index (χ1) is 11.8. The molecule has 0 aromatic carbocycles. The lowest BCUT2D eigenvalue weighted by molar-refractivity contribution is -0.135. The third-order valence-corrected chi connectivity index (χ3v) is 6.45. The quantitative estimate of drug-likeness (QED) is 0.207. The summed E-state index contributed by atoms with van der Waals surface area (Å²) in [6.45, 7) is 7.33. The normalized spacial score (nSPS) is 19.9. The van der Waals surface area contributed by atoms with E-state index in [1.807, 2.05) is 13.8 Å². The first-order valence-electron chi connectivity index (χ1n) is 8.83. The Balaban J connectivity index is 2.31. The second kappa shape index (κ2) is 8.65. The summed E-state index contributed by atoms with van der Waals surface area (Å²) < 4.78 is 11.3. The van der Waals surface area contributed by atoms with Crippen molar-refractivity contribution < 1.29 is 29.0 Å². The summed E-state index contributed by atoms with van der Waals surface area (Å²) in [7, 11) is -4.21. The van der Waals surface area contributed by atoms with Gasteiger partial charge in [0.05, 0.1) is 0 Å². The molecule has 0 heterocycles. The first kappa shape index (κ1) is 22.8. The number of aliphatic carboxylic acids is 1. The van der Waals surface area contributed by atoms with Crippen LogP contribution in [0.15, 0.2) is 11.8 Å². The Labute approximate surface area is 154 Å². The summed E-state index contributed by atoms with van der Waals surface area (Å²) in [6.07, 6.45) is 5.00. The van der Waals surface area contributed by atoms with E-state index in [4.69, 9.17) is 0 Å². The van der Waals surface area contributed by atoms with Gasteiger partial charge in [-0.3, -0.25) is 9.36 Å². The van der Waals surface area contributed by atoms with Crippen LogP contribution in [0.1, 0.15) is 59.8 Å². The highest BCUT2D eigenvalue weighted by atomic mass is 31.2. The highest BCUT2D eigenvalue weighted by molar-refractivity contribution is 7.53. The van der Waals surface area contributed by atoms with Gasteiger partial charge in [0.25, 0.3) is 0 Å². The minimum Gasteiger partial charge on any atom is -0.477 e. The van der Waals surface area contributed by atoms with Crippen LogP contribution in [0, 0.1) is 11.3 Å². The van der Waals surface area contributed by atoms with Crippen molar-refractivity contribution in [2.24, 2.45) is 11.3 Å². The average molecular weight is 390 g/mol. The van der Waals surface area contributed by atoms with Crippen LogP contribution in [0.5, 0.6) is 0 Å². The smallest absolute Gasteiger partial charge is 0.352 e. The van der Waals surface area contributed by atoms with Gasteiger partial charge in [-0.15, -0.1) is 0 Å². The molecule has 0 radical (unpaired) electrons. The van der Waals surface area contributed by atoms with Crippen LogP contribution >= 0.6 is 7.60 Å². The van der Waals surface area contributed by atoms with Gasteiger partial charge in [0.15, 0.2) is 0 Å². The van der Waals surface area contributed by atoms with Crippen LogP contribution in [-0.2, 0) is 14.2 Å². The predicted molar refractivity (Wildman–Crippen MR) is 98.3 cm³/mol. The number of amides is 1. The zero-order chi connectivity index (χ0) is 20.2. The molecule has 0 saturated heterocycles. The van der Waals surface area contributed by atoms with Crippen LogP contribution in [0.4, 0.5) is 0 Å². The zero-order valence-electron chi connectivity index (χ0n) is 15.9.